The van der Waals surface area contributed by atoms with Crippen molar-refractivity contribution in [1.29, 1.82) is 5.41 Å². The number of ether oxygens (including phenoxy) is 1. The number of amidine groups is 1. The summed E-state index contributed by atoms with van der Waals surface area (Å²) in [7, 11) is 0. The number of hydrogen-bond acceptors (Lipinski definition) is 4. The molecule has 19 heavy (non-hydrogen) atoms. The van der Waals surface area contributed by atoms with E-state index in [0.717, 1.165) is 11.8 Å². The second-order valence-corrected chi connectivity index (χ2v) is 5.16. The average Bonchev–Trinajstić information content (AvgIpc) is 2.67. The Morgan fingerprint density at radius 1 is 1.53 bits per heavy atom. The Morgan fingerprint density at radius 3 is 2.95 bits per heavy atom. The molecule has 1 aromatic carbocycles. The Morgan fingerprint density at radius 2 is 2.32 bits per heavy atom. The van der Waals surface area contributed by atoms with Crippen LogP contribution in [0, 0.1) is 5.41 Å². The Labute approximate surface area is 120 Å². The highest BCUT2D eigenvalue weighted by molar-refractivity contribution is 8.18. The van der Waals surface area contributed by atoms with E-state index in [9.17, 15) is 4.79 Å². The second kappa shape index (κ2) is 5.95. The first-order valence-electron chi connectivity index (χ1n) is 5.43. The zero-order valence-corrected chi connectivity index (χ0v) is 11.5. The number of rotatable bonds is 4. The van der Waals surface area contributed by atoms with Crippen molar-refractivity contribution in [3.8, 4) is 5.75 Å². The van der Waals surface area contributed by atoms with Crippen LogP contribution in [0.1, 0.15) is 5.56 Å². The molecule has 0 unspecified atom stereocenters. The molecule has 0 aliphatic carbocycles. The predicted molar refractivity (Wildman–Crippen MR) is 78.6 cm³/mol. The number of benzene rings is 1. The minimum atomic E-state index is -0.287. The van der Waals surface area contributed by atoms with Gasteiger partial charge in [0, 0.05) is 10.6 Å². The fraction of sp³-hybridized carbons (Fsp3) is 0.0769. The molecule has 0 bridgehead atoms. The molecule has 0 radical (unpaired) electrons. The van der Waals surface area contributed by atoms with Crippen LogP contribution in [0.5, 0.6) is 5.75 Å². The quantitative estimate of drug-likeness (QED) is 0.663. The number of carbonyl (C=O) groups excluding carboxylic acids is 1. The molecular formula is C13H11ClN2O2S. The molecule has 1 aromatic rings. The van der Waals surface area contributed by atoms with Crippen LogP contribution in [0.25, 0.3) is 6.08 Å². The molecule has 0 saturated carbocycles. The van der Waals surface area contributed by atoms with E-state index >= 15 is 0 Å². The number of hydrogen-bond donors (Lipinski definition) is 2. The summed E-state index contributed by atoms with van der Waals surface area (Å²) in [5, 5.41) is 10.5. The molecule has 1 saturated heterocycles. The number of halogens is 1. The first kappa shape index (κ1) is 13.7. The maximum atomic E-state index is 11.6. The summed E-state index contributed by atoms with van der Waals surface area (Å²) in [5.41, 5.74) is 0.696. The monoisotopic (exact) mass is 294 g/mol. The van der Waals surface area contributed by atoms with Gasteiger partial charge >= 0.3 is 0 Å². The highest BCUT2D eigenvalue weighted by atomic mass is 35.5. The molecule has 1 heterocycles. The fourth-order valence-corrected chi connectivity index (χ4v) is 2.37. The van der Waals surface area contributed by atoms with Gasteiger partial charge in [0.2, 0.25) is 0 Å². The lowest BCUT2D eigenvalue weighted by atomic mass is 10.2. The van der Waals surface area contributed by atoms with Crippen LogP contribution < -0.4 is 10.1 Å². The fourth-order valence-electron chi connectivity index (χ4n) is 1.50. The van der Waals surface area contributed by atoms with Crippen LogP contribution in [0.2, 0.25) is 5.02 Å². The summed E-state index contributed by atoms with van der Waals surface area (Å²) >= 11 is 7.02. The molecule has 0 atom stereocenters. The highest BCUT2D eigenvalue weighted by Crippen LogP contribution is 2.30. The summed E-state index contributed by atoms with van der Waals surface area (Å²) in [6, 6.07) is 5.16. The lowest BCUT2D eigenvalue weighted by molar-refractivity contribution is -0.115. The summed E-state index contributed by atoms with van der Waals surface area (Å²) in [4.78, 5) is 12.0. The SMILES string of the molecule is C=CCOc1ccc(Cl)cc1/C=C1\SC(=N)NC1=O. The van der Waals surface area contributed by atoms with Gasteiger partial charge in [-0.05, 0) is 36.0 Å². The van der Waals surface area contributed by atoms with E-state index in [1.165, 1.54) is 0 Å². The third kappa shape index (κ3) is 3.39. The van der Waals surface area contributed by atoms with Crippen molar-refractivity contribution in [2.24, 2.45) is 0 Å². The van der Waals surface area contributed by atoms with Crippen LogP contribution in [-0.2, 0) is 4.79 Å². The van der Waals surface area contributed by atoms with Crippen LogP contribution in [0.15, 0.2) is 35.8 Å². The molecule has 1 aliphatic rings. The van der Waals surface area contributed by atoms with Crippen LogP contribution in [0.4, 0.5) is 0 Å². The van der Waals surface area contributed by atoms with Gasteiger partial charge in [-0.2, -0.15) is 0 Å². The van der Waals surface area contributed by atoms with Crippen molar-refractivity contribution in [3.63, 3.8) is 0 Å². The molecule has 1 amide bonds. The molecule has 2 N–H and O–H groups in total. The van der Waals surface area contributed by atoms with Crippen LogP contribution in [-0.4, -0.2) is 17.7 Å². The van der Waals surface area contributed by atoms with Crippen molar-refractivity contribution in [3.05, 3.63) is 46.3 Å². The van der Waals surface area contributed by atoms with E-state index in [2.05, 4.69) is 11.9 Å². The molecule has 1 fully saturated rings. The van der Waals surface area contributed by atoms with Gasteiger partial charge in [-0.3, -0.25) is 10.2 Å². The van der Waals surface area contributed by atoms with E-state index in [-0.39, 0.29) is 11.1 Å². The molecule has 2 rings (SSSR count). The van der Waals surface area contributed by atoms with E-state index < -0.39 is 0 Å². The second-order valence-electron chi connectivity index (χ2n) is 3.68. The molecule has 0 aromatic heterocycles. The van der Waals surface area contributed by atoms with Crippen molar-refractivity contribution in [2.75, 3.05) is 6.61 Å². The van der Waals surface area contributed by atoms with E-state index in [0.29, 0.717) is 27.8 Å². The van der Waals surface area contributed by atoms with Crippen LogP contribution in [0.3, 0.4) is 0 Å². The van der Waals surface area contributed by atoms with E-state index in [1.807, 2.05) is 0 Å². The summed E-state index contributed by atoms with van der Waals surface area (Å²) in [5.74, 6) is 0.327. The molecule has 6 heteroatoms. The summed E-state index contributed by atoms with van der Waals surface area (Å²) in [6.07, 6.45) is 3.30. The minimum absolute atomic E-state index is 0.117. The molecule has 4 nitrogen and oxygen atoms in total. The summed E-state index contributed by atoms with van der Waals surface area (Å²) < 4.78 is 5.50. The Hall–Kier alpha value is -1.72. The van der Waals surface area contributed by atoms with Gasteiger partial charge in [-0.1, -0.05) is 24.3 Å². The van der Waals surface area contributed by atoms with E-state index in [4.69, 9.17) is 21.7 Å². The predicted octanol–water partition coefficient (Wildman–Crippen LogP) is 3.04. The van der Waals surface area contributed by atoms with Gasteiger partial charge in [0.1, 0.15) is 12.4 Å². The van der Waals surface area contributed by atoms with Gasteiger partial charge < -0.3 is 10.1 Å². The topological polar surface area (TPSA) is 62.2 Å². The van der Waals surface area contributed by atoms with Gasteiger partial charge in [0.05, 0.1) is 4.91 Å². The van der Waals surface area contributed by atoms with Crippen molar-refractivity contribution >= 4 is 40.5 Å². The molecule has 98 valence electrons. The van der Waals surface area contributed by atoms with Gasteiger partial charge in [-0.15, -0.1) is 0 Å². The first-order valence-corrected chi connectivity index (χ1v) is 6.62. The molecule has 1 aliphatic heterocycles. The zero-order valence-electron chi connectivity index (χ0n) is 9.90. The summed E-state index contributed by atoms with van der Waals surface area (Å²) in [6.45, 7) is 3.95. The average molecular weight is 295 g/mol. The highest BCUT2D eigenvalue weighted by Gasteiger charge is 2.22. The maximum absolute atomic E-state index is 11.6. The third-order valence-electron chi connectivity index (χ3n) is 2.28. The van der Waals surface area contributed by atoms with Crippen molar-refractivity contribution in [2.45, 2.75) is 0 Å². The molecule has 0 spiro atoms. The van der Waals surface area contributed by atoms with Crippen molar-refractivity contribution < 1.29 is 9.53 Å². The first-order chi connectivity index (χ1) is 9.10. The number of carbonyl (C=O) groups is 1. The van der Waals surface area contributed by atoms with Gasteiger partial charge in [0.15, 0.2) is 5.17 Å². The number of thioether (sulfide) groups is 1. The van der Waals surface area contributed by atoms with E-state index in [1.54, 1.807) is 30.4 Å². The standard InChI is InChI=1S/C13H11ClN2O2S/c1-2-5-18-10-4-3-9(14)6-8(10)7-11-12(17)16-13(15)19-11/h2-4,6-7H,1,5H2,(H2,15,16,17)/b11-7-. The van der Waals surface area contributed by atoms with Crippen molar-refractivity contribution in [1.82, 2.24) is 5.32 Å². The Balaban J connectivity index is 2.35. The zero-order chi connectivity index (χ0) is 13.8. The Kier molecular flexibility index (Phi) is 4.29. The minimum Gasteiger partial charge on any atom is -0.489 e. The number of nitrogens with one attached hydrogen (secondary N) is 2. The normalized spacial score (nSPS) is 16.6. The maximum Gasteiger partial charge on any atom is 0.264 e. The molecular weight excluding hydrogens is 284 g/mol. The third-order valence-corrected chi connectivity index (χ3v) is 3.34. The smallest absolute Gasteiger partial charge is 0.264 e. The van der Waals surface area contributed by atoms with Crippen LogP contribution >= 0.6 is 23.4 Å². The van der Waals surface area contributed by atoms with Gasteiger partial charge in [-0.25, -0.2) is 0 Å². The lowest BCUT2D eigenvalue weighted by Crippen LogP contribution is -2.18. The van der Waals surface area contributed by atoms with Gasteiger partial charge in [0.25, 0.3) is 5.91 Å². The lowest BCUT2D eigenvalue weighted by Gasteiger charge is -2.08. The number of amides is 1. The Bertz CT molecular complexity index is 584. The largest absolute Gasteiger partial charge is 0.489 e.